The third-order valence-corrected chi connectivity index (χ3v) is 3.59. The van der Waals surface area contributed by atoms with Crippen molar-refractivity contribution in [2.45, 2.75) is 38.5 Å². The van der Waals surface area contributed by atoms with Crippen molar-refractivity contribution in [1.82, 2.24) is 14.8 Å². The van der Waals surface area contributed by atoms with E-state index in [9.17, 15) is 0 Å². The molecule has 0 aliphatic carbocycles. The molecular formula is C15H20N4O. The lowest BCUT2D eigenvalue weighted by Gasteiger charge is -2.28. The van der Waals surface area contributed by atoms with Gasteiger partial charge in [-0.05, 0) is 37.5 Å². The lowest BCUT2D eigenvalue weighted by Crippen LogP contribution is -2.32. The molecule has 1 N–H and O–H groups in total. The van der Waals surface area contributed by atoms with E-state index in [1.807, 2.05) is 4.68 Å². The Labute approximate surface area is 119 Å². The van der Waals surface area contributed by atoms with Crippen molar-refractivity contribution in [3.8, 4) is 0 Å². The molecule has 1 fully saturated rings. The molecule has 1 aliphatic rings. The zero-order valence-electron chi connectivity index (χ0n) is 11.7. The van der Waals surface area contributed by atoms with Gasteiger partial charge in [0.05, 0.1) is 12.6 Å². The van der Waals surface area contributed by atoms with Crippen molar-refractivity contribution in [3.05, 3.63) is 42.5 Å². The van der Waals surface area contributed by atoms with Gasteiger partial charge in [0, 0.05) is 18.3 Å². The van der Waals surface area contributed by atoms with Crippen LogP contribution in [0.3, 0.4) is 0 Å². The second kappa shape index (κ2) is 6.05. The highest BCUT2D eigenvalue weighted by atomic mass is 16.5. The average molecular weight is 272 g/mol. The van der Waals surface area contributed by atoms with Gasteiger partial charge in [0.25, 0.3) is 0 Å². The Hall–Kier alpha value is -1.88. The summed E-state index contributed by atoms with van der Waals surface area (Å²) in [5, 5.41) is 7.74. The molecule has 0 bridgehead atoms. The highest BCUT2D eigenvalue weighted by Gasteiger charge is 2.18. The summed E-state index contributed by atoms with van der Waals surface area (Å²) in [6.07, 6.45) is 5.77. The zero-order chi connectivity index (χ0) is 13.8. The van der Waals surface area contributed by atoms with E-state index in [0.29, 0.717) is 12.1 Å². The van der Waals surface area contributed by atoms with Crippen LogP contribution in [-0.2, 0) is 11.3 Å². The number of anilines is 1. The highest BCUT2D eigenvalue weighted by Crippen LogP contribution is 2.19. The summed E-state index contributed by atoms with van der Waals surface area (Å²) in [6, 6.07) is 8.99. The van der Waals surface area contributed by atoms with E-state index >= 15 is 0 Å². The van der Waals surface area contributed by atoms with Crippen LogP contribution in [0, 0.1) is 0 Å². The highest BCUT2D eigenvalue weighted by molar-refractivity contribution is 5.46. The molecule has 1 aromatic heterocycles. The van der Waals surface area contributed by atoms with Gasteiger partial charge in [-0.3, -0.25) is 0 Å². The minimum atomic E-state index is 0.347. The molecule has 3 rings (SSSR count). The number of aromatic nitrogens is 3. The summed E-state index contributed by atoms with van der Waals surface area (Å²) in [5.41, 5.74) is 2.39. The van der Waals surface area contributed by atoms with E-state index in [2.05, 4.69) is 46.6 Å². The van der Waals surface area contributed by atoms with Crippen molar-refractivity contribution in [1.29, 1.82) is 0 Å². The maximum atomic E-state index is 5.58. The lowest BCUT2D eigenvalue weighted by atomic mass is 10.0. The molecule has 1 saturated heterocycles. The van der Waals surface area contributed by atoms with Crippen LogP contribution in [0.4, 0.5) is 5.69 Å². The van der Waals surface area contributed by atoms with Crippen molar-refractivity contribution >= 4 is 5.69 Å². The molecule has 0 amide bonds. The first-order valence-electron chi connectivity index (χ1n) is 7.09. The summed E-state index contributed by atoms with van der Waals surface area (Å²) in [7, 11) is 0. The molecule has 2 aromatic rings. The SMILES string of the molecule is CC1CC(Nc2cccc(Cn3cncn3)c2)CCO1. The minimum absolute atomic E-state index is 0.347. The number of nitrogens with one attached hydrogen (secondary N) is 1. The Bertz CT molecular complexity index is 541. The molecule has 2 unspecified atom stereocenters. The third kappa shape index (κ3) is 3.36. The third-order valence-electron chi connectivity index (χ3n) is 3.59. The molecule has 106 valence electrons. The Morgan fingerprint density at radius 1 is 1.45 bits per heavy atom. The fraction of sp³-hybridized carbons (Fsp3) is 0.467. The summed E-state index contributed by atoms with van der Waals surface area (Å²) in [5.74, 6) is 0. The van der Waals surface area contributed by atoms with Crippen molar-refractivity contribution in [3.63, 3.8) is 0 Å². The monoisotopic (exact) mass is 272 g/mol. The quantitative estimate of drug-likeness (QED) is 0.928. The Morgan fingerprint density at radius 3 is 3.20 bits per heavy atom. The number of rotatable bonds is 4. The van der Waals surface area contributed by atoms with E-state index in [1.165, 1.54) is 11.3 Å². The van der Waals surface area contributed by atoms with Gasteiger partial charge in [0.15, 0.2) is 0 Å². The second-order valence-electron chi connectivity index (χ2n) is 5.34. The van der Waals surface area contributed by atoms with Gasteiger partial charge in [0.2, 0.25) is 0 Å². The zero-order valence-corrected chi connectivity index (χ0v) is 11.7. The minimum Gasteiger partial charge on any atom is -0.382 e. The van der Waals surface area contributed by atoms with E-state index < -0.39 is 0 Å². The van der Waals surface area contributed by atoms with E-state index in [-0.39, 0.29) is 0 Å². The second-order valence-corrected chi connectivity index (χ2v) is 5.34. The van der Waals surface area contributed by atoms with E-state index in [4.69, 9.17) is 4.74 Å². The first-order chi connectivity index (χ1) is 9.79. The van der Waals surface area contributed by atoms with Crippen molar-refractivity contribution in [2.75, 3.05) is 11.9 Å². The van der Waals surface area contributed by atoms with Crippen LogP contribution in [0.15, 0.2) is 36.9 Å². The molecule has 2 heterocycles. The number of ether oxygens (including phenoxy) is 1. The molecule has 0 spiro atoms. The van der Waals surface area contributed by atoms with Crippen LogP contribution in [-0.4, -0.2) is 33.5 Å². The Balaban J connectivity index is 1.65. The van der Waals surface area contributed by atoms with Gasteiger partial charge >= 0.3 is 0 Å². The molecule has 0 radical (unpaired) electrons. The summed E-state index contributed by atoms with van der Waals surface area (Å²) >= 11 is 0. The molecule has 1 aliphatic heterocycles. The Kier molecular flexibility index (Phi) is 3.97. The average Bonchev–Trinajstić information content (AvgIpc) is 2.92. The predicted molar refractivity (Wildman–Crippen MR) is 77.6 cm³/mol. The topological polar surface area (TPSA) is 52.0 Å². The van der Waals surface area contributed by atoms with Gasteiger partial charge in [0.1, 0.15) is 12.7 Å². The van der Waals surface area contributed by atoms with E-state index in [1.54, 1.807) is 12.7 Å². The van der Waals surface area contributed by atoms with Crippen LogP contribution in [0.25, 0.3) is 0 Å². The first-order valence-corrected chi connectivity index (χ1v) is 7.09. The van der Waals surface area contributed by atoms with Crippen LogP contribution in [0.2, 0.25) is 0 Å². The summed E-state index contributed by atoms with van der Waals surface area (Å²) < 4.78 is 7.41. The van der Waals surface area contributed by atoms with Crippen LogP contribution in [0.5, 0.6) is 0 Å². The summed E-state index contributed by atoms with van der Waals surface area (Å²) in [6.45, 7) is 3.73. The normalized spacial score (nSPS) is 22.6. The molecule has 1 aromatic carbocycles. The number of hydrogen-bond donors (Lipinski definition) is 1. The number of hydrogen-bond acceptors (Lipinski definition) is 4. The largest absolute Gasteiger partial charge is 0.382 e. The van der Waals surface area contributed by atoms with Gasteiger partial charge in [-0.15, -0.1) is 0 Å². The van der Waals surface area contributed by atoms with Crippen LogP contribution in [0.1, 0.15) is 25.3 Å². The first kappa shape index (κ1) is 13.1. The van der Waals surface area contributed by atoms with Gasteiger partial charge in [-0.1, -0.05) is 12.1 Å². The van der Waals surface area contributed by atoms with Crippen molar-refractivity contribution in [2.24, 2.45) is 0 Å². The molecular weight excluding hydrogens is 252 g/mol. The smallest absolute Gasteiger partial charge is 0.137 e. The molecule has 2 atom stereocenters. The van der Waals surface area contributed by atoms with Crippen molar-refractivity contribution < 1.29 is 4.74 Å². The predicted octanol–water partition coefficient (Wildman–Crippen LogP) is 2.31. The molecule has 20 heavy (non-hydrogen) atoms. The van der Waals surface area contributed by atoms with Gasteiger partial charge in [-0.25, -0.2) is 9.67 Å². The van der Waals surface area contributed by atoms with Crippen LogP contribution < -0.4 is 5.32 Å². The van der Waals surface area contributed by atoms with E-state index in [0.717, 1.165) is 26.0 Å². The molecule has 0 saturated carbocycles. The van der Waals surface area contributed by atoms with Gasteiger partial charge in [-0.2, -0.15) is 5.10 Å². The Morgan fingerprint density at radius 2 is 2.40 bits per heavy atom. The number of nitrogens with zero attached hydrogens (tertiary/aromatic N) is 3. The lowest BCUT2D eigenvalue weighted by molar-refractivity contribution is 0.0232. The number of benzene rings is 1. The van der Waals surface area contributed by atoms with Crippen LogP contribution >= 0.6 is 0 Å². The summed E-state index contributed by atoms with van der Waals surface area (Å²) in [4.78, 5) is 3.97. The molecule has 5 heteroatoms. The maximum Gasteiger partial charge on any atom is 0.137 e. The molecule has 5 nitrogen and oxygen atoms in total. The standard InChI is InChI=1S/C15H20N4O/c1-12-7-15(5-6-20-12)18-14-4-2-3-13(8-14)9-19-11-16-10-17-19/h2-4,8,10-12,15,18H,5-7,9H2,1H3. The van der Waals surface area contributed by atoms with Gasteiger partial charge < -0.3 is 10.1 Å². The maximum absolute atomic E-state index is 5.58. The fourth-order valence-electron chi connectivity index (χ4n) is 2.63. The fourth-order valence-corrected chi connectivity index (χ4v) is 2.63.